The highest BCUT2D eigenvalue weighted by atomic mass is 35.5. The number of carbonyl (C=O) groups is 2. The first-order valence-electron chi connectivity index (χ1n) is 7.29. The molecule has 7 heteroatoms. The van der Waals surface area contributed by atoms with Crippen molar-refractivity contribution in [3.63, 3.8) is 0 Å². The van der Waals surface area contributed by atoms with E-state index >= 15 is 0 Å². The van der Waals surface area contributed by atoms with Gasteiger partial charge in [-0.25, -0.2) is 0 Å². The van der Waals surface area contributed by atoms with Crippen LogP contribution in [0.5, 0.6) is 0 Å². The number of halogens is 1. The Morgan fingerprint density at radius 3 is 2.59 bits per heavy atom. The maximum Gasteiger partial charge on any atom is 0.242 e. The minimum Gasteiger partial charge on any atom is -0.368 e. The number of hydrogen-bond acceptors (Lipinski definition) is 4. The summed E-state index contributed by atoms with van der Waals surface area (Å²) in [7, 11) is 0. The Hall–Kier alpha value is -1.79. The van der Waals surface area contributed by atoms with Crippen LogP contribution in [0.1, 0.15) is 6.92 Å². The SMILES string of the molecule is CC(N)C(=O)NCC(=O)N1CCN(c2cccc(Cl)c2)CC1. The third kappa shape index (κ3) is 4.35. The first-order chi connectivity index (χ1) is 10.5. The van der Waals surface area contributed by atoms with E-state index in [2.05, 4.69) is 10.2 Å². The number of nitrogens with two attached hydrogens (primary N) is 1. The molecule has 22 heavy (non-hydrogen) atoms. The van der Waals surface area contributed by atoms with Crippen molar-refractivity contribution in [3.05, 3.63) is 29.3 Å². The number of benzene rings is 1. The van der Waals surface area contributed by atoms with E-state index in [-0.39, 0.29) is 18.4 Å². The second-order valence-electron chi connectivity index (χ2n) is 5.35. The predicted molar refractivity (Wildman–Crippen MR) is 86.9 cm³/mol. The van der Waals surface area contributed by atoms with Gasteiger partial charge in [0.2, 0.25) is 11.8 Å². The Morgan fingerprint density at radius 1 is 1.32 bits per heavy atom. The highest BCUT2D eigenvalue weighted by Crippen LogP contribution is 2.20. The number of nitrogens with one attached hydrogen (secondary N) is 1. The van der Waals surface area contributed by atoms with Crippen molar-refractivity contribution in [1.82, 2.24) is 10.2 Å². The third-order valence-corrected chi connectivity index (χ3v) is 3.87. The molecule has 1 aromatic rings. The van der Waals surface area contributed by atoms with Gasteiger partial charge < -0.3 is 20.9 Å². The lowest BCUT2D eigenvalue weighted by molar-refractivity contribution is -0.133. The Balaban J connectivity index is 1.81. The Morgan fingerprint density at radius 2 is 2.00 bits per heavy atom. The van der Waals surface area contributed by atoms with E-state index < -0.39 is 6.04 Å². The molecule has 0 radical (unpaired) electrons. The molecule has 0 aromatic heterocycles. The molecule has 3 N–H and O–H groups in total. The predicted octanol–water partition coefficient (Wildman–Crippen LogP) is 0.452. The van der Waals surface area contributed by atoms with Crippen molar-refractivity contribution in [2.45, 2.75) is 13.0 Å². The average Bonchev–Trinajstić information content (AvgIpc) is 2.52. The summed E-state index contributed by atoms with van der Waals surface area (Å²) < 4.78 is 0. The van der Waals surface area contributed by atoms with Crippen LogP contribution in [0.25, 0.3) is 0 Å². The lowest BCUT2D eigenvalue weighted by atomic mass is 10.2. The van der Waals surface area contributed by atoms with Crippen LogP contribution >= 0.6 is 11.6 Å². The zero-order chi connectivity index (χ0) is 16.1. The highest BCUT2D eigenvalue weighted by molar-refractivity contribution is 6.30. The number of carbonyl (C=O) groups excluding carboxylic acids is 2. The van der Waals surface area contributed by atoms with Gasteiger partial charge in [0.1, 0.15) is 0 Å². The van der Waals surface area contributed by atoms with Gasteiger partial charge in [0.05, 0.1) is 12.6 Å². The summed E-state index contributed by atoms with van der Waals surface area (Å²) in [5.74, 6) is -0.398. The fourth-order valence-corrected chi connectivity index (χ4v) is 2.51. The van der Waals surface area contributed by atoms with E-state index in [9.17, 15) is 9.59 Å². The van der Waals surface area contributed by atoms with Crippen molar-refractivity contribution in [2.24, 2.45) is 5.73 Å². The second kappa shape index (κ2) is 7.47. The van der Waals surface area contributed by atoms with E-state index in [1.54, 1.807) is 11.8 Å². The van der Waals surface area contributed by atoms with Crippen LogP contribution in [-0.4, -0.2) is 55.5 Å². The topological polar surface area (TPSA) is 78.7 Å². The van der Waals surface area contributed by atoms with Gasteiger partial charge in [-0.15, -0.1) is 0 Å². The Kier molecular flexibility index (Phi) is 5.63. The molecule has 1 heterocycles. The van der Waals surface area contributed by atoms with E-state index in [1.807, 2.05) is 24.3 Å². The number of anilines is 1. The van der Waals surface area contributed by atoms with Gasteiger partial charge in [-0.1, -0.05) is 17.7 Å². The molecule has 120 valence electrons. The van der Waals surface area contributed by atoms with Crippen LogP contribution in [0, 0.1) is 0 Å². The molecule has 1 atom stereocenters. The number of piperazine rings is 1. The standard InChI is InChI=1S/C15H21ClN4O2/c1-11(17)15(22)18-10-14(21)20-7-5-19(6-8-20)13-4-2-3-12(16)9-13/h2-4,9,11H,5-8,10,17H2,1H3,(H,18,22). The van der Waals surface area contributed by atoms with E-state index in [0.717, 1.165) is 18.8 Å². The van der Waals surface area contributed by atoms with Crippen LogP contribution < -0.4 is 16.0 Å². The molecule has 1 aliphatic heterocycles. The quantitative estimate of drug-likeness (QED) is 0.843. The van der Waals surface area contributed by atoms with Gasteiger partial charge in [-0.3, -0.25) is 9.59 Å². The van der Waals surface area contributed by atoms with Crippen molar-refractivity contribution >= 4 is 29.1 Å². The lowest BCUT2D eigenvalue weighted by Crippen LogP contribution is -2.52. The van der Waals surface area contributed by atoms with E-state index in [1.165, 1.54) is 0 Å². The van der Waals surface area contributed by atoms with Crippen molar-refractivity contribution in [1.29, 1.82) is 0 Å². The third-order valence-electron chi connectivity index (χ3n) is 3.63. The van der Waals surface area contributed by atoms with Crippen molar-refractivity contribution in [3.8, 4) is 0 Å². The summed E-state index contributed by atoms with van der Waals surface area (Å²) in [6.45, 7) is 4.32. The van der Waals surface area contributed by atoms with Crippen molar-refractivity contribution < 1.29 is 9.59 Å². The molecule has 0 bridgehead atoms. The highest BCUT2D eigenvalue weighted by Gasteiger charge is 2.21. The molecule has 2 rings (SSSR count). The minimum atomic E-state index is -0.604. The molecular formula is C15H21ClN4O2. The van der Waals surface area contributed by atoms with Gasteiger partial charge >= 0.3 is 0 Å². The van der Waals surface area contributed by atoms with Crippen molar-refractivity contribution in [2.75, 3.05) is 37.6 Å². The van der Waals surface area contributed by atoms with Gasteiger partial charge in [0.25, 0.3) is 0 Å². The summed E-state index contributed by atoms with van der Waals surface area (Å²) in [4.78, 5) is 27.4. The van der Waals surface area contributed by atoms with E-state index in [4.69, 9.17) is 17.3 Å². The number of amides is 2. The van der Waals surface area contributed by atoms with Gasteiger partial charge in [-0.05, 0) is 25.1 Å². The van der Waals surface area contributed by atoms with Gasteiger partial charge in [-0.2, -0.15) is 0 Å². The fourth-order valence-electron chi connectivity index (χ4n) is 2.32. The smallest absolute Gasteiger partial charge is 0.242 e. The van der Waals surface area contributed by atoms with Crippen LogP contribution in [-0.2, 0) is 9.59 Å². The van der Waals surface area contributed by atoms with Crippen LogP contribution in [0.3, 0.4) is 0 Å². The number of rotatable bonds is 4. The molecule has 2 amide bonds. The maximum absolute atomic E-state index is 12.1. The molecular weight excluding hydrogens is 304 g/mol. The summed E-state index contributed by atoms with van der Waals surface area (Å²) in [5, 5.41) is 3.25. The fraction of sp³-hybridized carbons (Fsp3) is 0.467. The first kappa shape index (κ1) is 16.6. The lowest BCUT2D eigenvalue weighted by Gasteiger charge is -2.36. The summed E-state index contributed by atoms with van der Waals surface area (Å²) in [5.41, 5.74) is 6.50. The molecule has 0 aliphatic carbocycles. The van der Waals surface area contributed by atoms with Gasteiger partial charge in [0, 0.05) is 36.9 Å². The zero-order valence-electron chi connectivity index (χ0n) is 12.6. The van der Waals surface area contributed by atoms with Crippen LogP contribution in [0.4, 0.5) is 5.69 Å². The largest absolute Gasteiger partial charge is 0.368 e. The van der Waals surface area contributed by atoms with Gasteiger partial charge in [0.15, 0.2) is 0 Å². The molecule has 1 unspecified atom stereocenters. The molecule has 1 saturated heterocycles. The molecule has 0 spiro atoms. The summed E-state index contributed by atoms with van der Waals surface area (Å²) >= 11 is 6.00. The molecule has 1 aromatic carbocycles. The maximum atomic E-state index is 12.1. The normalized spacial score (nSPS) is 16.3. The monoisotopic (exact) mass is 324 g/mol. The van der Waals surface area contributed by atoms with Crippen LogP contribution in [0.15, 0.2) is 24.3 Å². The number of nitrogens with zero attached hydrogens (tertiary/aromatic N) is 2. The molecule has 0 saturated carbocycles. The summed E-state index contributed by atoms with van der Waals surface area (Å²) in [6, 6.07) is 7.08. The summed E-state index contributed by atoms with van der Waals surface area (Å²) in [6.07, 6.45) is 0. The zero-order valence-corrected chi connectivity index (χ0v) is 13.3. The Bertz CT molecular complexity index is 542. The molecule has 6 nitrogen and oxygen atoms in total. The second-order valence-corrected chi connectivity index (χ2v) is 5.79. The first-order valence-corrected chi connectivity index (χ1v) is 7.67. The minimum absolute atomic E-state index is 0.00244. The Labute approximate surface area is 135 Å². The average molecular weight is 325 g/mol. The van der Waals surface area contributed by atoms with Crippen LogP contribution in [0.2, 0.25) is 5.02 Å². The van der Waals surface area contributed by atoms with E-state index in [0.29, 0.717) is 18.1 Å². The molecule has 1 aliphatic rings. The number of hydrogen-bond donors (Lipinski definition) is 2. The molecule has 1 fully saturated rings.